The molecular formula is C15H16BrClN2O. The summed E-state index contributed by atoms with van der Waals surface area (Å²) in [4.78, 5) is 4.23. The number of halogens is 2. The first-order chi connectivity index (χ1) is 9.65. The minimum atomic E-state index is -0.0245. The number of hydrogen-bond acceptors (Lipinski definition) is 3. The molecular weight excluding hydrogens is 340 g/mol. The fourth-order valence-corrected chi connectivity index (χ4v) is 2.86. The van der Waals surface area contributed by atoms with Crippen LogP contribution in [0.4, 0.5) is 0 Å². The van der Waals surface area contributed by atoms with E-state index in [2.05, 4.69) is 26.2 Å². The van der Waals surface area contributed by atoms with E-state index in [-0.39, 0.29) is 6.04 Å². The van der Waals surface area contributed by atoms with Gasteiger partial charge >= 0.3 is 0 Å². The van der Waals surface area contributed by atoms with E-state index in [1.54, 1.807) is 6.20 Å². The molecule has 1 heterocycles. The predicted octanol–water partition coefficient (Wildman–Crippen LogP) is 4.21. The molecule has 0 saturated heterocycles. The molecule has 1 N–H and O–H groups in total. The molecule has 20 heavy (non-hydrogen) atoms. The molecule has 2 aromatic rings. The van der Waals surface area contributed by atoms with Gasteiger partial charge in [0.05, 0.1) is 18.8 Å². The van der Waals surface area contributed by atoms with Crippen molar-refractivity contribution >= 4 is 27.5 Å². The third kappa shape index (κ3) is 3.51. The lowest BCUT2D eigenvalue weighted by molar-refractivity contribution is 0.338. The summed E-state index contributed by atoms with van der Waals surface area (Å²) in [5.74, 6) is 0.762. The summed E-state index contributed by atoms with van der Waals surface area (Å²) >= 11 is 9.75. The van der Waals surface area contributed by atoms with Crippen molar-refractivity contribution in [3.05, 3.63) is 57.3 Å². The molecule has 1 aromatic heterocycles. The van der Waals surface area contributed by atoms with Crippen molar-refractivity contribution in [1.82, 2.24) is 10.3 Å². The van der Waals surface area contributed by atoms with E-state index < -0.39 is 0 Å². The van der Waals surface area contributed by atoms with E-state index in [9.17, 15) is 0 Å². The van der Waals surface area contributed by atoms with Gasteiger partial charge in [0.2, 0.25) is 0 Å². The Balaban J connectivity index is 2.38. The van der Waals surface area contributed by atoms with Gasteiger partial charge in [-0.2, -0.15) is 0 Å². The Morgan fingerprint density at radius 2 is 2.15 bits per heavy atom. The summed E-state index contributed by atoms with van der Waals surface area (Å²) in [6.07, 6.45) is 3.53. The first-order valence-electron chi connectivity index (χ1n) is 6.35. The molecule has 106 valence electrons. The van der Waals surface area contributed by atoms with E-state index in [1.165, 1.54) is 0 Å². The molecule has 0 aliphatic rings. The van der Waals surface area contributed by atoms with Crippen LogP contribution in [-0.4, -0.2) is 18.6 Å². The average Bonchev–Trinajstić information content (AvgIpc) is 2.43. The molecule has 0 saturated carbocycles. The van der Waals surface area contributed by atoms with Gasteiger partial charge in [0.25, 0.3) is 0 Å². The highest BCUT2D eigenvalue weighted by molar-refractivity contribution is 9.10. The number of ether oxygens (including phenoxy) is 1. The quantitative estimate of drug-likeness (QED) is 0.872. The molecule has 0 radical (unpaired) electrons. The van der Waals surface area contributed by atoms with E-state index in [4.69, 9.17) is 16.3 Å². The summed E-state index contributed by atoms with van der Waals surface area (Å²) < 4.78 is 6.46. The first kappa shape index (κ1) is 15.3. The number of rotatable bonds is 5. The Morgan fingerprint density at radius 1 is 1.35 bits per heavy atom. The van der Waals surface area contributed by atoms with E-state index >= 15 is 0 Å². The molecule has 5 heteroatoms. The maximum Gasteiger partial charge on any atom is 0.137 e. The normalized spacial score (nSPS) is 12.2. The highest BCUT2D eigenvalue weighted by Crippen LogP contribution is 2.31. The van der Waals surface area contributed by atoms with Crippen molar-refractivity contribution in [3.63, 3.8) is 0 Å². The van der Waals surface area contributed by atoms with Crippen LogP contribution in [0.25, 0.3) is 0 Å². The fraction of sp³-hybridized carbons (Fsp3) is 0.267. The predicted molar refractivity (Wildman–Crippen MR) is 85.5 cm³/mol. The third-order valence-corrected chi connectivity index (χ3v) is 3.76. The second kappa shape index (κ2) is 7.07. The molecule has 0 aliphatic heterocycles. The Kier molecular flexibility index (Phi) is 5.40. The Labute approximate surface area is 132 Å². The van der Waals surface area contributed by atoms with Gasteiger partial charge in [-0.15, -0.1) is 0 Å². The van der Waals surface area contributed by atoms with Crippen LogP contribution in [0, 0.1) is 0 Å². The molecule has 3 nitrogen and oxygen atoms in total. The van der Waals surface area contributed by atoms with Gasteiger partial charge in [0.1, 0.15) is 5.75 Å². The number of hydrogen-bond donors (Lipinski definition) is 1. The average molecular weight is 356 g/mol. The topological polar surface area (TPSA) is 34.1 Å². The van der Waals surface area contributed by atoms with Gasteiger partial charge < -0.3 is 10.1 Å². The standard InChI is InChI=1S/C15H16BrClN2O/c1-3-20-12-6-10(8-19-9-12)15(18-2)13-5-4-11(16)7-14(13)17/h4-9,15,18H,3H2,1-2H3. The summed E-state index contributed by atoms with van der Waals surface area (Å²) in [5, 5.41) is 3.98. The van der Waals surface area contributed by atoms with Crippen LogP contribution in [0.3, 0.4) is 0 Å². The smallest absolute Gasteiger partial charge is 0.137 e. The van der Waals surface area contributed by atoms with Crippen LogP contribution < -0.4 is 10.1 Å². The van der Waals surface area contributed by atoms with Crippen molar-refractivity contribution in [2.45, 2.75) is 13.0 Å². The molecule has 0 bridgehead atoms. The second-order valence-corrected chi connectivity index (χ2v) is 5.60. The van der Waals surface area contributed by atoms with E-state index in [0.717, 1.165) is 21.3 Å². The summed E-state index contributed by atoms with van der Waals surface area (Å²) in [5.41, 5.74) is 2.02. The number of nitrogens with one attached hydrogen (secondary N) is 1. The van der Waals surface area contributed by atoms with Gasteiger partial charge in [-0.05, 0) is 43.3 Å². The van der Waals surface area contributed by atoms with Gasteiger partial charge in [0.15, 0.2) is 0 Å². The molecule has 1 atom stereocenters. The monoisotopic (exact) mass is 354 g/mol. The summed E-state index contributed by atoms with van der Waals surface area (Å²) in [6.45, 7) is 2.57. The maximum atomic E-state index is 6.33. The summed E-state index contributed by atoms with van der Waals surface area (Å²) in [7, 11) is 1.90. The largest absolute Gasteiger partial charge is 0.492 e. The zero-order valence-electron chi connectivity index (χ0n) is 11.4. The first-order valence-corrected chi connectivity index (χ1v) is 7.52. The zero-order valence-corrected chi connectivity index (χ0v) is 13.7. The molecule has 0 amide bonds. The summed E-state index contributed by atoms with van der Waals surface area (Å²) in [6, 6.07) is 7.83. The minimum Gasteiger partial charge on any atom is -0.492 e. The third-order valence-electron chi connectivity index (χ3n) is 2.94. The van der Waals surface area contributed by atoms with Crippen molar-refractivity contribution in [2.24, 2.45) is 0 Å². The lowest BCUT2D eigenvalue weighted by Crippen LogP contribution is -2.18. The Morgan fingerprint density at radius 3 is 2.80 bits per heavy atom. The number of aromatic nitrogens is 1. The highest BCUT2D eigenvalue weighted by atomic mass is 79.9. The maximum absolute atomic E-state index is 6.33. The van der Waals surface area contributed by atoms with E-state index in [0.29, 0.717) is 11.6 Å². The Bertz CT molecular complexity index is 592. The van der Waals surface area contributed by atoms with Crippen LogP contribution in [0.1, 0.15) is 24.1 Å². The molecule has 0 aliphatic carbocycles. The second-order valence-electron chi connectivity index (χ2n) is 4.27. The van der Waals surface area contributed by atoms with Crippen LogP contribution >= 0.6 is 27.5 Å². The number of benzene rings is 1. The van der Waals surface area contributed by atoms with Crippen molar-refractivity contribution in [1.29, 1.82) is 0 Å². The molecule has 2 rings (SSSR count). The van der Waals surface area contributed by atoms with Crippen LogP contribution in [0.5, 0.6) is 5.75 Å². The van der Waals surface area contributed by atoms with E-state index in [1.807, 2.05) is 44.4 Å². The van der Waals surface area contributed by atoms with Crippen LogP contribution in [0.15, 0.2) is 41.1 Å². The lowest BCUT2D eigenvalue weighted by Gasteiger charge is -2.19. The Hall–Kier alpha value is -1.10. The molecule has 1 unspecified atom stereocenters. The SMILES string of the molecule is CCOc1cncc(C(NC)c2ccc(Br)cc2Cl)c1. The van der Waals surface area contributed by atoms with Crippen LogP contribution in [0.2, 0.25) is 5.02 Å². The zero-order chi connectivity index (χ0) is 14.5. The van der Waals surface area contributed by atoms with Gasteiger partial charge in [-0.3, -0.25) is 4.98 Å². The molecule has 0 fully saturated rings. The van der Waals surface area contributed by atoms with Crippen molar-refractivity contribution < 1.29 is 4.74 Å². The van der Waals surface area contributed by atoms with Gasteiger partial charge in [-0.1, -0.05) is 33.6 Å². The van der Waals surface area contributed by atoms with Gasteiger partial charge in [0, 0.05) is 15.7 Å². The number of nitrogens with zero attached hydrogens (tertiary/aromatic N) is 1. The molecule has 0 spiro atoms. The number of pyridine rings is 1. The fourth-order valence-electron chi connectivity index (χ4n) is 2.08. The molecule has 1 aromatic carbocycles. The van der Waals surface area contributed by atoms with Crippen molar-refractivity contribution in [2.75, 3.05) is 13.7 Å². The van der Waals surface area contributed by atoms with Gasteiger partial charge in [-0.25, -0.2) is 0 Å². The van der Waals surface area contributed by atoms with Crippen molar-refractivity contribution in [3.8, 4) is 5.75 Å². The van der Waals surface area contributed by atoms with Crippen LogP contribution in [-0.2, 0) is 0 Å². The minimum absolute atomic E-state index is 0.0245. The highest BCUT2D eigenvalue weighted by Gasteiger charge is 2.16. The lowest BCUT2D eigenvalue weighted by atomic mass is 10.0.